The smallest absolute Gasteiger partial charge is 0.294 e. The van der Waals surface area contributed by atoms with Crippen molar-refractivity contribution in [1.82, 2.24) is 16.2 Å². The van der Waals surface area contributed by atoms with Crippen LogP contribution in [-0.2, 0) is 9.68 Å². The number of hydrazine groups is 2. The number of carbonyl (C=O) groups excluding carboxylic acids is 2. The first-order valence-corrected chi connectivity index (χ1v) is 12.5. The number of rotatable bonds is 15. The van der Waals surface area contributed by atoms with Crippen LogP contribution in [0.2, 0.25) is 0 Å². The molecule has 0 saturated carbocycles. The van der Waals surface area contributed by atoms with Crippen molar-refractivity contribution in [2.75, 3.05) is 0 Å². The van der Waals surface area contributed by atoms with Gasteiger partial charge in [-0.3, -0.25) is 15.0 Å². The normalized spacial score (nSPS) is 12.3. The number of hydrogen-bond donors (Lipinski definition) is 3. The molecule has 2 unspecified atom stereocenters. The van der Waals surface area contributed by atoms with E-state index in [1.807, 2.05) is 62.4 Å². The minimum absolute atomic E-state index is 0.160. The summed E-state index contributed by atoms with van der Waals surface area (Å²) in [5, 5.41) is 0.847. The lowest BCUT2D eigenvalue weighted by molar-refractivity contribution is -0.319. The summed E-state index contributed by atoms with van der Waals surface area (Å²) >= 11 is 0. The van der Waals surface area contributed by atoms with Crippen LogP contribution in [0.5, 0.6) is 11.5 Å². The van der Waals surface area contributed by atoms with E-state index >= 15 is 0 Å². The zero-order chi connectivity index (χ0) is 27.2. The van der Waals surface area contributed by atoms with Gasteiger partial charge in [0.15, 0.2) is 0 Å². The van der Waals surface area contributed by atoms with E-state index in [0.717, 1.165) is 18.0 Å². The molecule has 4 N–H and O–H groups in total. The minimum Gasteiger partial charge on any atom is -0.463 e. The Labute approximate surface area is 222 Å². The Morgan fingerprint density at radius 3 is 1.92 bits per heavy atom. The molecular weight excluding hydrogens is 488 g/mol. The number of ether oxygens (including phenoxy) is 2. The molecule has 3 rings (SSSR count). The van der Waals surface area contributed by atoms with Crippen molar-refractivity contribution < 1.29 is 28.7 Å². The second-order valence-corrected chi connectivity index (χ2v) is 8.27. The summed E-state index contributed by atoms with van der Waals surface area (Å²) in [6.45, 7) is 3.96. The maximum absolute atomic E-state index is 13.5. The highest BCUT2D eigenvalue weighted by Crippen LogP contribution is 2.18. The van der Waals surface area contributed by atoms with Crippen LogP contribution in [0.15, 0.2) is 84.9 Å². The van der Waals surface area contributed by atoms with E-state index in [1.54, 1.807) is 24.3 Å². The molecule has 0 spiro atoms. The molecule has 3 aromatic rings. The lowest BCUT2D eigenvalue weighted by atomic mass is 10.1. The Morgan fingerprint density at radius 1 is 0.789 bits per heavy atom. The standard InChI is InChI=1S/C28H34N4O6/c1-3-12-25(35-23-16-7-5-8-17-23)37-31-32(28(34)22-15-11-14-21(20-22)27(33)30-29)38-26(13-4-2)36-24-18-9-6-10-19-24/h5-11,14-20,25-26,31H,3-4,12-13,29H2,1-2H3,(H,30,33). The van der Waals surface area contributed by atoms with Crippen LogP contribution < -0.4 is 26.3 Å². The molecule has 0 bridgehead atoms. The third kappa shape index (κ3) is 8.86. The average Bonchev–Trinajstić information content (AvgIpc) is 2.95. The lowest BCUT2D eigenvalue weighted by Gasteiger charge is -2.29. The zero-order valence-corrected chi connectivity index (χ0v) is 21.5. The van der Waals surface area contributed by atoms with Gasteiger partial charge >= 0.3 is 0 Å². The Kier molecular flexibility index (Phi) is 11.5. The van der Waals surface area contributed by atoms with Crippen LogP contribution in [-0.4, -0.2) is 29.6 Å². The maximum atomic E-state index is 13.5. The first-order chi connectivity index (χ1) is 18.5. The SMILES string of the molecule is CCCC(ONN(OC(CCC)Oc1ccccc1)C(=O)c1cccc(C(=O)NN)c1)Oc1ccccc1. The summed E-state index contributed by atoms with van der Waals surface area (Å²) in [4.78, 5) is 37.3. The van der Waals surface area contributed by atoms with Gasteiger partial charge in [-0.2, -0.15) is 0 Å². The predicted molar refractivity (Wildman–Crippen MR) is 141 cm³/mol. The molecular formula is C28H34N4O6. The fourth-order valence-corrected chi connectivity index (χ4v) is 3.38. The van der Waals surface area contributed by atoms with E-state index < -0.39 is 24.4 Å². The molecule has 2 atom stereocenters. The molecule has 0 radical (unpaired) electrons. The van der Waals surface area contributed by atoms with Gasteiger partial charge in [-0.1, -0.05) is 74.7 Å². The van der Waals surface area contributed by atoms with Crippen molar-refractivity contribution in [3.8, 4) is 11.5 Å². The molecule has 0 heterocycles. The largest absolute Gasteiger partial charge is 0.463 e. The number of hydrogen-bond acceptors (Lipinski definition) is 8. The molecule has 0 aliphatic carbocycles. The Balaban J connectivity index is 1.82. The Morgan fingerprint density at radius 2 is 1.34 bits per heavy atom. The number of benzene rings is 3. The van der Waals surface area contributed by atoms with Crippen LogP contribution in [0.3, 0.4) is 0 Å². The van der Waals surface area contributed by atoms with E-state index in [2.05, 4.69) is 11.0 Å². The third-order valence-corrected chi connectivity index (χ3v) is 5.25. The average molecular weight is 523 g/mol. The van der Waals surface area contributed by atoms with Gasteiger partial charge < -0.3 is 9.47 Å². The second kappa shape index (κ2) is 15.3. The fraction of sp³-hybridized carbons (Fsp3) is 0.286. The van der Waals surface area contributed by atoms with Crippen molar-refractivity contribution in [1.29, 1.82) is 0 Å². The summed E-state index contributed by atoms with van der Waals surface area (Å²) in [6.07, 6.45) is 0.958. The Hall–Kier alpha value is -3.96. The van der Waals surface area contributed by atoms with E-state index in [4.69, 9.17) is 25.0 Å². The quantitative estimate of drug-likeness (QED) is 0.115. The van der Waals surface area contributed by atoms with E-state index in [-0.39, 0.29) is 11.1 Å². The highest BCUT2D eigenvalue weighted by Gasteiger charge is 2.25. The highest BCUT2D eigenvalue weighted by molar-refractivity contribution is 5.99. The van der Waals surface area contributed by atoms with Crippen LogP contribution >= 0.6 is 0 Å². The minimum atomic E-state index is -0.822. The third-order valence-electron chi connectivity index (χ3n) is 5.25. The van der Waals surface area contributed by atoms with Crippen molar-refractivity contribution in [2.24, 2.45) is 5.84 Å². The van der Waals surface area contributed by atoms with Gasteiger partial charge in [0.2, 0.25) is 12.6 Å². The number of para-hydroxylation sites is 2. The van der Waals surface area contributed by atoms with Gasteiger partial charge in [-0.05, 0) is 42.5 Å². The maximum Gasteiger partial charge on any atom is 0.294 e. The van der Waals surface area contributed by atoms with Crippen molar-refractivity contribution >= 4 is 11.8 Å². The number of nitrogen functional groups attached to an aromatic ring is 1. The van der Waals surface area contributed by atoms with E-state index in [1.165, 1.54) is 12.1 Å². The summed E-state index contributed by atoms with van der Waals surface area (Å²) in [5.74, 6) is 5.29. The molecule has 10 nitrogen and oxygen atoms in total. The number of nitrogens with two attached hydrogens (primary N) is 1. The topological polar surface area (TPSA) is 124 Å². The highest BCUT2D eigenvalue weighted by atomic mass is 16.9. The van der Waals surface area contributed by atoms with Gasteiger partial charge in [0.1, 0.15) is 11.5 Å². The van der Waals surface area contributed by atoms with Gasteiger partial charge in [-0.25, -0.2) is 15.5 Å². The first-order valence-electron chi connectivity index (χ1n) is 12.5. The molecule has 0 saturated heterocycles. The summed E-state index contributed by atoms with van der Waals surface area (Å²) < 4.78 is 11.9. The van der Waals surface area contributed by atoms with Gasteiger partial charge in [0.25, 0.3) is 11.8 Å². The van der Waals surface area contributed by atoms with Gasteiger partial charge in [-0.15, -0.1) is 5.17 Å². The first kappa shape index (κ1) is 28.6. The van der Waals surface area contributed by atoms with E-state index in [0.29, 0.717) is 24.3 Å². The summed E-state index contributed by atoms with van der Waals surface area (Å²) in [6, 6.07) is 24.4. The molecule has 3 aromatic carbocycles. The van der Waals surface area contributed by atoms with E-state index in [9.17, 15) is 9.59 Å². The molecule has 2 amide bonds. The molecule has 0 aliphatic heterocycles. The van der Waals surface area contributed by atoms with Gasteiger partial charge in [0, 0.05) is 24.0 Å². The summed E-state index contributed by atoms with van der Waals surface area (Å²) in [7, 11) is 0. The molecule has 10 heteroatoms. The van der Waals surface area contributed by atoms with Crippen molar-refractivity contribution in [3.05, 3.63) is 96.1 Å². The molecule has 0 aliphatic rings. The van der Waals surface area contributed by atoms with Crippen molar-refractivity contribution in [3.63, 3.8) is 0 Å². The van der Waals surface area contributed by atoms with Crippen LogP contribution in [0.1, 0.15) is 60.2 Å². The van der Waals surface area contributed by atoms with Crippen molar-refractivity contribution in [2.45, 2.75) is 52.1 Å². The predicted octanol–water partition coefficient (Wildman–Crippen LogP) is 4.51. The lowest BCUT2D eigenvalue weighted by Crippen LogP contribution is -2.48. The second-order valence-electron chi connectivity index (χ2n) is 8.27. The fourth-order valence-electron chi connectivity index (χ4n) is 3.38. The summed E-state index contributed by atoms with van der Waals surface area (Å²) in [5.41, 5.74) is 5.02. The Bertz CT molecular complexity index is 1130. The van der Waals surface area contributed by atoms with Crippen LogP contribution in [0.25, 0.3) is 0 Å². The van der Waals surface area contributed by atoms with Crippen LogP contribution in [0, 0.1) is 0 Å². The number of nitrogens with zero attached hydrogens (tertiary/aromatic N) is 1. The van der Waals surface area contributed by atoms with Gasteiger partial charge in [0.05, 0.1) is 0 Å². The van der Waals surface area contributed by atoms with Crippen LogP contribution in [0.4, 0.5) is 0 Å². The molecule has 0 fully saturated rings. The number of carbonyl (C=O) groups is 2. The zero-order valence-electron chi connectivity index (χ0n) is 21.5. The molecule has 202 valence electrons. The number of nitrogens with one attached hydrogen (secondary N) is 2. The monoisotopic (exact) mass is 522 g/mol. The number of amides is 2. The number of hydroxylamine groups is 1. The molecule has 0 aromatic heterocycles. The molecule has 38 heavy (non-hydrogen) atoms.